The van der Waals surface area contributed by atoms with Crippen molar-refractivity contribution in [3.63, 3.8) is 0 Å². The van der Waals surface area contributed by atoms with Crippen LogP contribution >= 0.6 is 7.92 Å². The van der Waals surface area contributed by atoms with Crippen LogP contribution in [0.4, 0.5) is 0 Å². The molecule has 0 fully saturated rings. The first-order valence-electron chi connectivity index (χ1n) is 10.7. The van der Waals surface area contributed by atoms with Crippen molar-refractivity contribution in [2.24, 2.45) is 0 Å². The zero-order valence-corrected chi connectivity index (χ0v) is 18.4. The third-order valence-corrected chi connectivity index (χ3v) is 8.60. The molecule has 4 nitrogen and oxygen atoms in total. The van der Waals surface area contributed by atoms with Crippen molar-refractivity contribution in [1.82, 2.24) is 9.97 Å². The summed E-state index contributed by atoms with van der Waals surface area (Å²) >= 11 is 0. The predicted molar refractivity (Wildman–Crippen MR) is 132 cm³/mol. The Morgan fingerprint density at radius 1 is 0.485 bits per heavy atom. The fraction of sp³-hybridized carbons (Fsp3) is 0. The van der Waals surface area contributed by atoms with Crippen LogP contribution in [-0.4, -0.2) is 9.97 Å². The smallest absolute Gasteiger partial charge is 0.139 e. The lowest BCUT2D eigenvalue weighted by Crippen LogP contribution is -2.32. The molecule has 2 aromatic heterocycles. The topological polar surface area (TPSA) is 44.2 Å². The van der Waals surface area contributed by atoms with Crippen molar-refractivity contribution in [2.75, 3.05) is 0 Å². The van der Waals surface area contributed by atoms with Crippen LogP contribution in [0.2, 0.25) is 0 Å². The zero-order chi connectivity index (χ0) is 21.8. The average molecular weight is 444 g/mol. The molecular formula is C28H17N2O2P. The Morgan fingerprint density at radius 2 is 0.970 bits per heavy atom. The molecule has 0 amide bonds. The van der Waals surface area contributed by atoms with E-state index in [0.29, 0.717) is 0 Å². The Hall–Kier alpha value is -4.01. The Labute approximate surface area is 192 Å². The Morgan fingerprint density at radius 3 is 1.45 bits per heavy atom. The van der Waals surface area contributed by atoms with Crippen LogP contribution in [0.5, 0.6) is 23.0 Å². The fourth-order valence-electron chi connectivity index (χ4n) is 4.50. The highest BCUT2D eigenvalue weighted by molar-refractivity contribution is 7.80. The van der Waals surface area contributed by atoms with Gasteiger partial charge in [0, 0.05) is 43.3 Å². The van der Waals surface area contributed by atoms with E-state index in [4.69, 9.17) is 9.47 Å². The molecule has 0 radical (unpaired) electrons. The van der Waals surface area contributed by atoms with Gasteiger partial charge in [0.2, 0.25) is 0 Å². The van der Waals surface area contributed by atoms with E-state index >= 15 is 0 Å². The largest absolute Gasteiger partial charge is 0.456 e. The van der Waals surface area contributed by atoms with Gasteiger partial charge in [-0.3, -0.25) is 9.97 Å². The molecule has 2 aliphatic rings. The number of pyridine rings is 2. The normalized spacial score (nSPS) is 13.2. The number of rotatable bonds is 2. The van der Waals surface area contributed by atoms with Gasteiger partial charge >= 0.3 is 0 Å². The molecule has 0 aliphatic carbocycles. The number of benzene rings is 3. The third kappa shape index (κ3) is 2.95. The van der Waals surface area contributed by atoms with Crippen LogP contribution in [-0.2, 0) is 0 Å². The molecule has 156 valence electrons. The highest BCUT2D eigenvalue weighted by atomic mass is 31.1. The summed E-state index contributed by atoms with van der Waals surface area (Å²) in [5.41, 5.74) is 4.59. The monoisotopic (exact) mass is 444 g/mol. The maximum atomic E-state index is 6.36. The molecule has 5 heteroatoms. The predicted octanol–water partition coefficient (Wildman–Crippen LogP) is 5.78. The van der Waals surface area contributed by atoms with Crippen LogP contribution in [0, 0.1) is 0 Å². The maximum absolute atomic E-state index is 6.36. The summed E-state index contributed by atoms with van der Waals surface area (Å²) in [6.45, 7) is 0. The van der Waals surface area contributed by atoms with Crippen molar-refractivity contribution in [2.45, 2.75) is 0 Å². The molecule has 2 aliphatic heterocycles. The van der Waals surface area contributed by atoms with Gasteiger partial charge in [-0.1, -0.05) is 18.2 Å². The summed E-state index contributed by atoms with van der Waals surface area (Å²) in [4.78, 5) is 8.33. The van der Waals surface area contributed by atoms with E-state index in [1.165, 1.54) is 10.6 Å². The molecule has 5 aromatic rings. The number of fused-ring (bicyclic) bond motifs is 4. The van der Waals surface area contributed by atoms with Gasteiger partial charge in [0.15, 0.2) is 0 Å². The van der Waals surface area contributed by atoms with Crippen LogP contribution in [0.1, 0.15) is 0 Å². The van der Waals surface area contributed by atoms with Gasteiger partial charge in [-0.05, 0) is 82.9 Å². The molecule has 4 heterocycles. The Balaban J connectivity index is 1.46. The molecule has 0 saturated carbocycles. The summed E-state index contributed by atoms with van der Waals surface area (Å²) in [6, 6.07) is 27.2. The number of hydrogen-bond acceptors (Lipinski definition) is 4. The van der Waals surface area contributed by atoms with Crippen molar-refractivity contribution < 1.29 is 9.47 Å². The van der Waals surface area contributed by atoms with E-state index < -0.39 is 7.92 Å². The minimum atomic E-state index is -0.845. The van der Waals surface area contributed by atoms with Gasteiger partial charge < -0.3 is 9.47 Å². The number of nitrogens with zero attached hydrogens (tertiary/aromatic N) is 2. The van der Waals surface area contributed by atoms with Crippen LogP contribution in [0.3, 0.4) is 0 Å². The highest BCUT2D eigenvalue weighted by Crippen LogP contribution is 2.53. The van der Waals surface area contributed by atoms with Crippen molar-refractivity contribution in [3.8, 4) is 45.3 Å². The minimum absolute atomic E-state index is 0.845. The molecule has 0 atom stereocenters. The lowest BCUT2D eigenvalue weighted by Gasteiger charge is -2.35. The standard InChI is InChI=1S/C28H17N2O2P/c1-2-24-28-25(3-1)32-23-7-5-21(19-10-14-30-15-11-19)17-27(23)33(28)26-16-20(4-6-22(26)31-24)18-8-12-29-13-9-18/h1-17H. The van der Waals surface area contributed by atoms with Gasteiger partial charge in [0.25, 0.3) is 0 Å². The second kappa shape index (κ2) is 7.26. The molecule has 7 rings (SSSR count). The van der Waals surface area contributed by atoms with Gasteiger partial charge in [-0.25, -0.2) is 0 Å². The van der Waals surface area contributed by atoms with E-state index in [9.17, 15) is 0 Å². The van der Waals surface area contributed by atoms with E-state index in [1.807, 2.05) is 67.3 Å². The molecule has 0 spiro atoms. The molecule has 0 unspecified atom stereocenters. The molecule has 3 aromatic carbocycles. The zero-order valence-electron chi connectivity index (χ0n) is 17.5. The fourth-order valence-corrected chi connectivity index (χ4v) is 7.14. The molecule has 0 bridgehead atoms. The van der Waals surface area contributed by atoms with Crippen molar-refractivity contribution in [3.05, 3.63) is 104 Å². The molecule has 33 heavy (non-hydrogen) atoms. The first-order chi connectivity index (χ1) is 16.3. The molecule has 0 saturated heterocycles. The molecular weight excluding hydrogens is 427 g/mol. The summed E-state index contributed by atoms with van der Waals surface area (Å²) in [7, 11) is -0.845. The summed E-state index contributed by atoms with van der Waals surface area (Å²) in [6.07, 6.45) is 7.31. The Kier molecular flexibility index (Phi) is 4.08. The lowest BCUT2D eigenvalue weighted by atomic mass is 10.1. The van der Waals surface area contributed by atoms with E-state index in [1.54, 1.807) is 0 Å². The lowest BCUT2D eigenvalue weighted by molar-refractivity contribution is 0.466. The first kappa shape index (κ1) is 18.6. The highest BCUT2D eigenvalue weighted by Gasteiger charge is 2.37. The quantitative estimate of drug-likeness (QED) is 0.317. The second-order valence-corrected chi connectivity index (χ2v) is 10.1. The van der Waals surface area contributed by atoms with Crippen molar-refractivity contribution >= 4 is 23.8 Å². The summed E-state index contributed by atoms with van der Waals surface area (Å²) in [5.74, 6) is 3.57. The second-order valence-electron chi connectivity index (χ2n) is 7.98. The Bertz CT molecular complexity index is 1410. The van der Waals surface area contributed by atoms with Gasteiger partial charge in [-0.15, -0.1) is 0 Å². The van der Waals surface area contributed by atoms with Crippen LogP contribution in [0.25, 0.3) is 22.3 Å². The summed E-state index contributed by atoms with van der Waals surface area (Å²) < 4.78 is 12.7. The van der Waals surface area contributed by atoms with Gasteiger partial charge in [0.1, 0.15) is 23.0 Å². The first-order valence-corrected chi connectivity index (χ1v) is 12.1. The van der Waals surface area contributed by atoms with Crippen LogP contribution in [0.15, 0.2) is 104 Å². The van der Waals surface area contributed by atoms with E-state index in [2.05, 4.69) is 46.4 Å². The van der Waals surface area contributed by atoms with E-state index in [0.717, 1.165) is 50.6 Å². The third-order valence-electron chi connectivity index (χ3n) is 6.05. The maximum Gasteiger partial charge on any atom is 0.139 e. The van der Waals surface area contributed by atoms with Crippen LogP contribution < -0.4 is 25.4 Å². The SMILES string of the molecule is c1cc2c3c(c1)Oc1ccc(-c4ccncc4)cc1P3c1cc(-c3ccncc3)ccc1O2. The van der Waals surface area contributed by atoms with E-state index in [-0.39, 0.29) is 0 Å². The number of hydrogen-bond donors (Lipinski definition) is 0. The summed E-state index contributed by atoms with van der Waals surface area (Å²) in [5, 5.41) is 3.55. The van der Waals surface area contributed by atoms with Gasteiger partial charge in [-0.2, -0.15) is 0 Å². The number of ether oxygens (including phenoxy) is 2. The van der Waals surface area contributed by atoms with Gasteiger partial charge in [0.05, 0.1) is 5.30 Å². The average Bonchev–Trinajstić information content (AvgIpc) is 2.89. The number of aromatic nitrogens is 2. The van der Waals surface area contributed by atoms with Crippen molar-refractivity contribution in [1.29, 1.82) is 0 Å². The minimum Gasteiger partial charge on any atom is -0.456 e. The molecule has 0 N–H and O–H groups in total.